The number of fused-ring (bicyclic) bond motifs is 9. The number of thiophene rings is 1. The summed E-state index contributed by atoms with van der Waals surface area (Å²) in [6.07, 6.45) is -0.848. The Kier molecular flexibility index (Phi) is 8.66. The number of H-pyrrole nitrogens is 1. The highest BCUT2D eigenvalue weighted by Crippen LogP contribution is 2.44. The Morgan fingerprint density at radius 1 is 0.452 bits per heavy atom. The van der Waals surface area contributed by atoms with Gasteiger partial charge in [0.25, 0.3) is 0 Å². The van der Waals surface area contributed by atoms with Gasteiger partial charge in [-0.3, -0.25) is 5.32 Å². The largest absolute Gasteiger partial charge is 0.354 e. The van der Waals surface area contributed by atoms with Gasteiger partial charge in [-0.1, -0.05) is 152 Å². The summed E-state index contributed by atoms with van der Waals surface area (Å²) in [5.41, 5.74) is 28.3. The first-order chi connectivity index (χ1) is 30.6. The van der Waals surface area contributed by atoms with Crippen LogP contribution in [0.5, 0.6) is 0 Å². The van der Waals surface area contributed by atoms with Crippen molar-refractivity contribution >= 4 is 75.1 Å². The Morgan fingerprint density at radius 3 is 1.98 bits per heavy atom. The predicted molar refractivity (Wildman–Crippen MR) is 263 cm³/mol. The monoisotopic (exact) mass is 815 g/mol. The van der Waals surface area contributed by atoms with E-state index in [1.165, 1.54) is 69.5 Å². The lowest BCUT2D eigenvalue weighted by atomic mass is 9.97. The zero-order chi connectivity index (χ0) is 41.3. The lowest BCUT2D eigenvalue weighted by molar-refractivity contribution is 0.466. The maximum absolute atomic E-state index is 6.91. The molecule has 296 valence electrons. The molecule has 0 amide bonds. The second-order valence-corrected chi connectivity index (χ2v) is 17.2. The molecular weight excluding hydrogens is 775 g/mol. The number of aromatic amines is 1. The molecule has 5 nitrogen and oxygen atoms in total. The molecule has 0 spiro atoms. The first-order valence-electron chi connectivity index (χ1n) is 21.1. The third kappa shape index (κ3) is 5.96. The Hall–Kier alpha value is -7.32. The van der Waals surface area contributed by atoms with Gasteiger partial charge in [0.05, 0.1) is 34.6 Å². The molecule has 6 heteroatoms. The lowest BCUT2D eigenvalue weighted by Gasteiger charge is -2.21. The molecule has 0 bridgehead atoms. The molecule has 0 saturated heterocycles. The number of nitrogens with two attached hydrogens (primary N) is 2. The molecule has 12 rings (SSSR count). The maximum atomic E-state index is 6.91. The average Bonchev–Trinajstić information content (AvgIpc) is 4.00. The number of rotatable bonds is 8. The van der Waals surface area contributed by atoms with Crippen molar-refractivity contribution in [2.45, 2.75) is 12.3 Å². The maximum Gasteiger partial charge on any atom is 0.0831 e. The topological polar surface area (TPSA) is 84.8 Å². The van der Waals surface area contributed by atoms with Crippen LogP contribution < -0.4 is 16.8 Å². The van der Waals surface area contributed by atoms with Crippen LogP contribution in [0.4, 0.5) is 0 Å². The van der Waals surface area contributed by atoms with E-state index in [1.807, 2.05) is 30.3 Å². The van der Waals surface area contributed by atoms with Crippen molar-refractivity contribution in [3.63, 3.8) is 0 Å². The normalized spacial score (nSPS) is 12.9. The van der Waals surface area contributed by atoms with Crippen molar-refractivity contribution in [3.8, 4) is 39.1 Å². The minimum Gasteiger partial charge on any atom is -0.354 e. The van der Waals surface area contributed by atoms with Crippen LogP contribution >= 0.6 is 11.3 Å². The first kappa shape index (κ1) is 36.5. The smallest absolute Gasteiger partial charge is 0.0831 e. The summed E-state index contributed by atoms with van der Waals surface area (Å²) in [7, 11) is 0. The van der Waals surface area contributed by atoms with Crippen molar-refractivity contribution < 1.29 is 0 Å². The number of hydrogen-bond acceptors (Lipinski definition) is 4. The molecule has 3 aromatic heterocycles. The number of hydrogen-bond donors (Lipinski definition) is 4. The van der Waals surface area contributed by atoms with E-state index in [1.54, 1.807) is 11.3 Å². The second-order valence-electron chi connectivity index (χ2n) is 16.2. The first-order valence-corrected chi connectivity index (χ1v) is 21.9. The summed E-state index contributed by atoms with van der Waals surface area (Å²) < 4.78 is 4.88. The van der Waals surface area contributed by atoms with E-state index < -0.39 is 12.3 Å². The average molecular weight is 816 g/mol. The van der Waals surface area contributed by atoms with Crippen LogP contribution in [0.15, 0.2) is 200 Å². The Balaban J connectivity index is 1.02. The molecule has 3 heterocycles. The van der Waals surface area contributed by atoms with Gasteiger partial charge >= 0.3 is 0 Å². The lowest BCUT2D eigenvalue weighted by Crippen LogP contribution is -2.36. The zero-order valence-electron chi connectivity index (χ0n) is 33.7. The van der Waals surface area contributed by atoms with Gasteiger partial charge in [0.15, 0.2) is 0 Å². The highest BCUT2D eigenvalue weighted by Gasteiger charge is 2.21. The quantitative estimate of drug-likeness (QED) is 0.115. The minimum absolute atomic E-state index is 0.394. The van der Waals surface area contributed by atoms with E-state index in [-0.39, 0.29) is 0 Å². The van der Waals surface area contributed by atoms with Crippen LogP contribution in [0.2, 0.25) is 0 Å². The molecule has 2 atom stereocenters. The zero-order valence-corrected chi connectivity index (χ0v) is 34.5. The van der Waals surface area contributed by atoms with Crippen LogP contribution in [0.25, 0.3) is 103 Å². The van der Waals surface area contributed by atoms with Gasteiger partial charge in [0, 0.05) is 58.4 Å². The molecule has 0 fully saturated rings. The molecule has 0 saturated carbocycles. The Labute approximate surface area is 362 Å². The van der Waals surface area contributed by atoms with E-state index in [9.17, 15) is 0 Å². The summed E-state index contributed by atoms with van der Waals surface area (Å²) in [4.78, 5) is 3.93. The van der Waals surface area contributed by atoms with Crippen molar-refractivity contribution in [1.29, 1.82) is 0 Å². The number of nitrogens with one attached hydrogen (secondary N) is 2. The number of aromatic nitrogens is 2. The van der Waals surface area contributed by atoms with E-state index in [2.05, 4.69) is 185 Å². The highest BCUT2D eigenvalue weighted by atomic mass is 32.1. The third-order valence-electron chi connectivity index (χ3n) is 12.5. The standard InChI is InChI=1S/C56H41N5S/c57-55(36-18-8-3-9-19-36)60-56(58)42-23-13-25-52-53(42)46-31-38(27-29-51(46)62-52)39-21-12-22-41-44-32-45-40-20-10-11-24-48(40)61(50(45)33-47(44)59-54(39)41)49-28-26-37(34-14-4-1-5-15-34)30-43(49)35-16-6-2-7-17-35/h1-33,55-56,59-60H,57-58H2. The van der Waals surface area contributed by atoms with Crippen LogP contribution in [0, 0.1) is 0 Å². The number of benzene rings is 9. The fourth-order valence-electron chi connectivity index (χ4n) is 9.60. The summed E-state index contributed by atoms with van der Waals surface area (Å²) in [5.74, 6) is 0. The van der Waals surface area contributed by atoms with E-state index >= 15 is 0 Å². The molecule has 0 aliphatic carbocycles. The van der Waals surface area contributed by atoms with Crippen LogP contribution in [-0.4, -0.2) is 9.55 Å². The fourth-order valence-corrected chi connectivity index (χ4v) is 10.7. The third-order valence-corrected chi connectivity index (χ3v) is 13.7. The van der Waals surface area contributed by atoms with Gasteiger partial charge in [0.2, 0.25) is 0 Å². The molecule has 9 aromatic carbocycles. The van der Waals surface area contributed by atoms with Gasteiger partial charge < -0.3 is 21.0 Å². The van der Waals surface area contributed by atoms with E-state index in [0.29, 0.717) is 0 Å². The number of para-hydroxylation sites is 2. The van der Waals surface area contributed by atoms with Gasteiger partial charge in [-0.15, -0.1) is 11.3 Å². The van der Waals surface area contributed by atoms with Gasteiger partial charge in [-0.25, -0.2) is 0 Å². The molecule has 12 aromatic rings. The van der Waals surface area contributed by atoms with Crippen LogP contribution in [-0.2, 0) is 0 Å². The SMILES string of the molecule is NC(NC(N)c1cccc2sc3ccc(-c4cccc5c4[nH]c4cc6c(cc45)c4ccccc4n6-c4ccc(-c5ccccc5)cc4-c4ccccc4)cc3c12)c1ccccc1. The second kappa shape index (κ2) is 14.7. The molecule has 6 N–H and O–H groups in total. The van der Waals surface area contributed by atoms with E-state index in [0.717, 1.165) is 44.5 Å². The summed E-state index contributed by atoms with van der Waals surface area (Å²) in [6.45, 7) is 0. The minimum atomic E-state index is -0.454. The van der Waals surface area contributed by atoms with Gasteiger partial charge in [-0.05, 0) is 81.9 Å². The molecule has 0 aliphatic rings. The molecule has 0 aliphatic heterocycles. The van der Waals surface area contributed by atoms with Crippen LogP contribution in [0.3, 0.4) is 0 Å². The van der Waals surface area contributed by atoms with Crippen molar-refractivity contribution in [2.75, 3.05) is 0 Å². The van der Waals surface area contributed by atoms with Crippen molar-refractivity contribution in [2.24, 2.45) is 11.5 Å². The van der Waals surface area contributed by atoms with Crippen LogP contribution in [0.1, 0.15) is 23.5 Å². The number of nitrogens with zero attached hydrogens (tertiary/aromatic N) is 1. The van der Waals surface area contributed by atoms with Gasteiger partial charge in [-0.2, -0.15) is 0 Å². The fraction of sp³-hybridized carbons (Fsp3) is 0.0357. The molecule has 0 radical (unpaired) electrons. The van der Waals surface area contributed by atoms with E-state index in [4.69, 9.17) is 11.5 Å². The molecular formula is C56H41N5S. The van der Waals surface area contributed by atoms with Crippen molar-refractivity contribution in [3.05, 3.63) is 211 Å². The Morgan fingerprint density at radius 2 is 1.16 bits per heavy atom. The predicted octanol–water partition coefficient (Wildman–Crippen LogP) is 14.0. The van der Waals surface area contributed by atoms with Gasteiger partial charge in [0.1, 0.15) is 0 Å². The Bertz CT molecular complexity index is 3640. The van der Waals surface area contributed by atoms with Crippen molar-refractivity contribution in [1.82, 2.24) is 14.9 Å². The summed E-state index contributed by atoms with van der Waals surface area (Å²) >= 11 is 1.80. The highest BCUT2D eigenvalue weighted by molar-refractivity contribution is 7.25. The summed E-state index contributed by atoms with van der Waals surface area (Å²) in [6, 6.07) is 71.8. The summed E-state index contributed by atoms with van der Waals surface area (Å²) in [5, 5.41) is 10.7. The molecule has 2 unspecified atom stereocenters. The molecule has 62 heavy (non-hydrogen) atoms.